The van der Waals surface area contributed by atoms with Crippen LogP contribution in [0, 0.1) is 11.3 Å². The second kappa shape index (κ2) is 6.19. The molecule has 0 aliphatic carbocycles. The average Bonchev–Trinajstić information content (AvgIpc) is 2.73. The van der Waals surface area contributed by atoms with Crippen molar-refractivity contribution < 1.29 is 14.3 Å². The standard InChI is InChI=1S/C17H13ClN2O3/c1-22-15-7-13(18)6-12-9-20(16(21)10-23-17(12)15)14-4-2-11(8-19)3-5-14/h2-7H,9-10H2,1H3. The third-order valence-corrected chi connectivity index (χ3v) is 3.81. The smallest absolute Gasteiger partial charge is 0.265 e. The molecule has 0 N–H and O–H groups in total. The van der Waals surface area contributed by atoms with Crippen LogP contribution in [0.5, 0.6) is 11.5 Å². The zero-order valence-electron chi connectivity index (χ0n) is 12.4. The van der Waals surface area contributed by atoms with Crippen molar-refractivity contribution in [3.63, 3.8) is 0 Å². The summed E-state index contributed by atoms with van der Waals surface area (Å²) in [5.41, 5.74) is 2.01. The maximum absolute atomic E-state index is 12.4. The first-order valence-electron chi connectivity index (χ1n) is 6.92. The van der Waals surface area contributed by atoms with E-state index >= 15 is 0 Å². The van der Waals surface area contributed by atoms with Crippen molar-refractivity contribution in [3.05, 3.63) is 52.5 Å². The number of anilines is 1. The summed E-state index contributed by atoms with van der Waals surface area (Å²) in [5.74, 6) is 0.854. The molecule has 0 atom stereocenters. The number of carbonyl (C=O) groups is 1. The molecule has 0 aromatic heterocycles. The van der Waals surface area contributed by atoms with Crippen molar-refractivity contribution in [3.8, 4) is 17.6 Å². The van der Waals surface area contributed by atoms with E-state index in [1.54, 1.807) is 41.3 Å². The van der Waals surface area contributed by atoms with E-state index in [2.05, 4.69) is 6.07 Å². The molecule has 5 nitrogen and oxygen atoms in total. The Bertz CT molecular complexity index is 797. The van der Waals surface area contributed by atoms with Gasteiger partial charge in [0.05, 0.1) is 25.3 Å². The number of rotatable bonds is 2. The molecule has 0 unspecified atom stereocenters. The molecule has 0 bridgehead atoms. The van der Waals surface area contributed by atoms with Crippen LogP contribution in [0.3, 0.4) is 0 Å². The van der Waals surface area contributed by atoms with Crippen molar-refractivity contribution in [2.75, 3.05) is 18.6 Å². The van der Waals surface area contributed by atoms with Gasteiger partial charge < -0.3 is 14.4 Å². The van der Waals surface area contributed by atoms with Crippen LogP contribution in [0.25, 0.3) is 0 Å². The Morgan fingerprint density at radius 2 is 2.04 bits per heavy atom. The van der Waals surface area contributed by atoms with Gasteiger partial charge in [0, 0.05) is 22.3 Å². The number of hydrogen-bond donors (Lipinski definition) is 0. The maximum Gasteiger partial charge on any atom is 0.265 e. The summed E-state index contributed by atoms with van der Waals surface area (Å²) in [6.07, 6.45) is 0. The topological polar surface area (TPSA) is 62.6 Å². The molecule has 23 heavy (non-hydrogen) atoms. The van der Waals surface area contributed by atoms with Crippen molar-refractivity contribution in [2.45, 2.75) is 6.54 Å². The van der Waals surface area contributed by atoms with Gasteiger partial charge in [-0.1, -0.05) is 11.6 Å². The van der Waals surface area contributed by atoms with E-state index in [1.807, 2.05) is 0 Å². The zero-order chi connectivity index (χ0) is 16.4. The quantitative estimate of drug-likeness (QED) is 0.849. The van der Waals surface area contributed by atoms with Crippen molar-refractivity contribution in [1.82, 2.24) is 0 Å². The second-order valence-corrected chi connectivity index (χ2v) is 5.46. The fourth-order valence-electron chi connectivity index (χ4n) is 2.48. The van der Waals surface area contributed by atoms with Crippen LogP contribution in [0.15, 0.2) is 36.4 Å². The summed E-state index contributed by atoms with van der Waals surface area (Å²) in [6, 6.07) is 12.3. The molecule has 2 aromatic carbocycles. The highest BCUT2D eigenvalue weighted by atomic mass is 35.5. The highest BCUT2D eigenvalue weighted by Crippen LogP contribution is 2.37. The van der Waals surface area contributed by atoms with Gasteiger partial charge in [0.25, 0.3) is 5.91 Å². The van der Waals surface area contributed by atoms with Crippen LogP contribution in [-0.2, 0) is 11.3 Å². The number of carbonyl (C=O) groups excluding carboxylic acids is 1. The van der Waals surface area contributed by atoms with Gasteiger partial charge in [-0.05, 0) is 30.3 Å². The van der Waals surface area contributed by atoms with Crippen LogP contribution in [-0.4, -0.2) is 19.6 Å². The highest BCUT2D eigenvalue weighted by molar-refractivity contribution is 6.30. The molecule has 3 rings (SSSR count). The Morgan fingerprint density at radius 3 is 2.70 bits per heavy atom. The lowest BCUT2D eigenvalue weighted by molar-refractivity contribution is -0.120. The van der Waals surface area contributed by atoms with E-state index in [9.17, 15) is 4.79 Å². The lowest BCUT2D eigenvalue weighted by Crippen LogP contribution is -2.32. The average molecular weight is 329 g/mol. The second-order valence-electron chi connectivity index (χ2n) is 5.02. The largest absolute Gasteiger partial charge is 0.493 e. The SMILES string of the molecule is COc1cc(Cl)cc2c1OCC(=O)N(c1ccc(C#N)cc1)C2. The molecule has 6 heteroatoms. The lowest BCUT2D eigenvalue weighted by atomic mass is 10.1. The molecule has 1 heterocycles. The monoisotopic (exact) mass is 328 g/mol. The zero-order valence-corrected chi connectivity index (χ0v) is 13.1. The molecule has 1 amide bonds. The number of methoxy groups -OCH3 is 1. The van der Waals surface area contributed by atoms with Crippen molar-refractivity contribution in [1.29, 1.82) is 5.26 Å². The van der Waals surface area contributed by atoms with Gasteiger partial charge in [-0.2, -0.15) is 5.26 Å². The van der Waals surface area contributed by atoms with E-state index < -0.39 is 0 Å². The van der Waals surface area contributed by atoms with Crippen LogP contribution >= 0.6 is 11.6 Å². The summed E-state index contributed by atoms with van der Waals surface area (Å²) in [6.45, 7) is 0.224. The Hall–Kier alpha value is -2.71. The van der Waals surface area contributed by atoms with Gasteiger partial charge in [-0.3, -0.25) is 4.79 Å². The van der Waals surface area contributed by atoms with E-state index in [4.69, 9.17) is 26.3 Å². The van der Waals surface area contributed by atoms with E-state index in [1.165, 1.54) is 7.11 Å². The normalized spacial score (nSPS) is 13.6. The van der Waals surface area contributed by atoms with Crippen LogP contribution in [0.2, 0.25) is 5.02 Å². The molecular weight excluding hydrogens is 316 g/mol. The number of ether oxygens (including phenoxy) is 2. The summed E-state index contributed by atoms with van der Waals surface area (Å²) in [7, 11) is 1.53. The third-order valence-electron chi connectivity index (χ3n) is 3.59. The molecule has 2 aromatic rings. The van der Waals surface area contributed by atoms with E-state index in [-0.39, 0.29) is 12.5 Å². The Balaban J connectivity index is 2.01. The molecule has 1 aliphatic rings. The fourth-order valence-corrected chi connectivity index (χ4v) is 2.71. The summed E-state index contributed by atoms with van der Waals surface area (Å²) in [5, 5.41) is 9.39. The summed E-state index contributed by atoms with van der Waals surface area (Å²) in [4.78, 5) is 14.0. The lowest BCUT2D eigenvalue weighted by Gasteiger charge is -2.20. The van der Waals surface area contributed by atoms with Gasteiger partial charge >= 0.3 is 0 Å². The van der Waals surface area contributed by atoms with Gasteiger partial charge in [-0.15, -0.1) is 0 Å². The predicted octanol–water partition coefficient (Wildman–Crippen LogP) is 3.15. The molecule has 1 aliphatic heterocycles. The maximum atomic E-state index is 12.4. The molecule has 0 radical (unpaired) electrons. The Labute approximate surface area is 138 Å². The number of amides is 1. The number of hydrogen-bond acceptors (Lipinski definition) is 4. The molecule has 0 spiro atoms. The van der Waals surface area contributed by atoms with Crippen LogP contribution in [0.1, 0.15) is 11.1 Å². The van der Waals surface area contributed by atoms with Gasteiger partial charge in [0.2, 0.25) is 0 Å². The summed E-state index contributed by atoms with van der Waals surface area (Å²) >= 11 is 6.11. The fraction of sp³-hybridized carbons (Fsp3) is 0.176. The molecule has 0 saturated carbocycles. The van der Waals surface area contributed by atoms with E-state index in [0.29, 0.717) is 34.3 Å². The number of nitriles is 1. The summed E-state index contributed by atoms with van der Waals surface area (Å²) < 4.78 is 10.9. The first kappa shape index (κ1) is 15.2. The minimum Gasteiger partial charge on any atom is -0.493 e. The first-order valence-corrected chi connectivity index (χ1v) is 7.30. The minimum absolute atomic E-state index is 0.0923. The van der Waals surface area contributed by atoms with Crippen molar-refractivity contribution >= 4 is 23.2 Å². The number of nitrogens with zero attached hydrogens (tertiary/aromatic N) is 2. The van der Waals surface area contributed by atoms with E-state index in [0.717, 1.165) is 5.56 Å². The molecule has 0 fully saturated rings. The third kappa shape index (κ3) is 2.94. The van der Waals surface area contributed by atoms with Gasteiger partial charge in [0.1, 0.15) is 0 Å². The number of halogens is 1. The van der Waals surface area contributed by atoms with Gasteiger partial charge in [0.15, 0.2) is 18.1 Å². The number of fused-ring (bicyclic) bond motifs is 1. The van der Waals surface area contributed by atoms with Crippen LogP contribution in [0.4, 0.5) is 5.69 Å². The molecule has 116 valence electrons. The van der Waals surface area contributed by atoms with Crippen LogP contribution < -0.4 is 14.4 Å². The first-order chi connectivity index (χ1) is 11.1. The molecular formula is C17H13ClN2O3. The predicted molar refractivity (Wildman–Crippen MR) is 85.8 cm³/mol. The Kier molecular flexibility index (Phi) is 4.09. The van der Waals surface area contributed by atoms with Gasteiger partial charge in [-0.25, -0.2) is 0 Å². The van der Waals surface area contributed by atoms with Crippen molar-refractivity contribution in [2.24, 2.45) is 0 Å². The Morgan fingerprint density at radius 1 is 1.30 bits per heavy atom. The minimum atomic E-state index is -0.177. The highest BCUT2D eigenvalue weighted by Gasteiger charge is 2.25. The molecule has 0 saturated heterocycles. The number of benzene rings is 2.